The highest BCUT2D eigenvalue weighted by Gasteiger charge is 2.20. The quantitative estimate of drug-likeness (QED) is 0.467. The first-order valence-corrected chi connectivity index (χ1v) is 10.1. The van der Waals surface area contributed by atoms with Crippen LogP contribution in [-0.4, -0.2) is 21.4 Å². The third kappa shape index (κ3) is 2.94. The van der Waals surface area contributed by atoms with Gasteiger partial charge in [0.15, 0.2) is 0 Å². The van der Waals surface area contributed by atoms with E-state index in [4.69, 9.17) is 9.98 Å². The zero-order valence-electron chi connectivity index (χ0n) is 16.3. The van der Waals surface area contributed by atoms with Crippen LogP contribution in [0.5, 0.6) is 0 Å². The second-order valence-electron chi connectivity index (χ2n) is 7.59. The monoisotopic (exact) mass is 386 g/mol. The molecule has 0 unspecified atom stereocenters. The third-order valence-corrected chi connectivity index (χ3v) is 5.64. The average molecular weight is 386 g/mol. The van der Waals surface area contributed by atoms with Gasteiger partial charge >= 0.3 is 0 Å². The average Bonchev–Trinajstić information content (AvgIpc) is 3.43. The van der Waals surface area contributed by atoms with Crippen LogP contribution in [-0.2, 0) is 12.8 Å². The van der Waals surface area contributed by atoms with E-state index in [0.717, 1.165) is 47.0 Å². The number of fused-ring (bicyclic) bond motifs is 2. The Morgan fingerprint density at radius 1 is 0.533 bits per heavy atom. The van der Waals surface area contributed by atoms with Crippen molar-refractivity contribution in [3.8, 4) is 11.1 Å². The molecule has 30 heavy (non-hydrogen) atoms. The molecule has 2 aliphatic heterocycles. The van der Waals surface area contributed by atoms with E-state index in [0.29, 0.717) is 0 Å². The van der Waals surface area contributed by atoms with Gasteiger partial charge in [0.2, 0.25) is 0 Å². The van der Waals surface area contributed by atoms with Crippen LogP contribution in [0.15, 0.2) is 95.2 Å². The molecule has 4 heteroatoms. The smallest absolute Gasteiger partial charge is 0.0848 e. The van der Waals surface area contributed by atoms with E-state index in [-0.39, 0.29) is 0 Å². The van der Waals surface area contributed by atoms with Gasteiger partial charge < -0.3 is 0 Å². The number of hydrogen-bond acceptors (Lipinski definition) is 4. The zero-order valence-corrected chi connectivity index (χ0v) is 16.3. The molecule has 0 spiro atoms. The van der Waals surface area contributed by atoms with Crippen LogP contribution in [0.25, 0.3) is 11.1 Å². The van der Waals surface area contributed by atoms with E-state index in [1.165, 1.54) is 22.3 Å². The van der Waals surface area contributed by atoms with E-state index in [1.807, 2.05) is 48.8 Å². The Hall–Kier alpha value is -3.92. The summed E-state index contributed by atoms with van der Waals surface area (Å²) >= 11 is 0. The van der Waals surface area contributed by atoms with Crippen LogP contribution < -0.4 is 0 Å². The van der Waals surface area contributed by atoms with E-state index < -0.39 is 0 Å². The summed E-state index contributed by atoms with van der Waals surface area (Å²) in [5.41, 5.74) is 11.0. The molecule has 142 valence electrons. The summed E-state index contributed by atoms with van der Waals surface area (Å²) < 4.78 is 0. The largest absolute Gasteiger partial charge is 0.255 e. The highest BCUT2D eigenvalue weighted by atomic mass is 14.8. The highest BCUT2D eigenvalue weighted by molar-refractivity contribution is 6.06. The fourth-order valence-electron chi connectivity index (χ4n) is 4.12. The predicted octanol–water partition coefficient (Wildman–Crippen LogP) is 5.50. The number of hydrogen-bond donors (Lipinski definition) is 0. The maximum absolute atomic E-state index is 4.79. The first kappa shape index (κ1) is 17.0. The standard InChI is InChI=1S/C26H18N4/c1-3-11-27-23(5-1)25-15-19-13-17(7-9-21(19)29-25)18-8-10-22-20(14-18)16-26(30-22)24-6-2-4-12-28-24/h1-14H,15-16H2. The summed E-state index contributed by atoms with van der Waals surface area (Å²) in [5, 5.41) is 0. The fourth-order valence-corrected chi connectivity index (χ4v) is 4.12. The van der Waals surface area contributed by atoms with Gasteiger partial charge in [0, 0.05) is 25.2 Å². The van der Waals surface area contributed by atoms with Gasteiger partial charge in [0.05, 0.1) is 34.2 Å². The Kier molecular flexibility index (Phi) is 3.88. The van der Waals surface area contributed by atoms with Crippen LogP contribution in [0.2, 0.25) is 0 Å². The summed E-state index contributed by atoms with van der Waals surface area (Å²) in [4.78, 5) is 18.5. The van der Waals surface area contributed by atoms with Gasteiger partial charge in [-0.2, -0.15) is 0 Å². The first-order valence-electron chi connectivity index (χ1n) is 10.1. The van der Waals surface area contributed by atoms with Gasteiger partial charge in [-0.1, -0.05) is 24.3 Å². The summed E-state index contributed by atoms with van der Waals surface area (Å²) in [6.45, 7) is 0. The molecule has 0 saturated heterocycles. The number of nitrogens with zero attached hydrogens (tertiary/aromatic N) is 4. The number of benzene rings is 2. The Bertz CT molecular complexity index is 1220. The summed E-state index contributed by atoms with van der Waals surface area (Å²) in [6, 6.07) is 25.0. The third-order valence-electron chi connectivity index (χ3n) is 5.64. The topological polar surface area (TPSA) is 50.5 Å². The van der Waals surface area contributed by atoms with Crippen molar-refractivity contribution in [2.75, 3.05) is 0 Å². The van der Waals surface area contributed by atoms with Crippen molar-refractivity contribution >= 4 is 22.8 Å². The molecule has 0 saturated carbocycles. The second kappa shape index (κ2) is 6.85. The second-order valence-corrected chi connectivity index (χ2v) is 7.59. The summed E-state index contributed by atoms with van der Waals surface area (Å²) in [7, 11) is 0. The van der Waals surface area contributed by atoms with Gasteiger partial charge in [0.25, 0.3) is 0 Å². The van der Waals surface area contributed by atoms with Gasteiger partial charge in [0.1, 0.15) is 0 Å². The van der Waals surface area contributed by atoms with Crippen LogP contribution in [0, 0.1) is 0 Å². The molecule has 4 aromatic rings. The minimum Gasteiger partial charge on any atom is -0.255 e. The Morgan fingerprint density at radius 3 is 1.47 bits per heavy atom. The molecule has 0 fully saturated rings. The normalized spacial score (nSPS) is 14.1. The van der Waals surface area contributed by atoms with E-state index in [2.05, 4.69) is 46.4 Å². The Labute approximate surface area is 174 Å². The van der Waals surface area contributed by atoms with E-state index in [9.17, 15) is 0 Å². The lowest BCUT2D eigenvalue weighted by atomic mass is 9.97. The lowest BCUT2D eigenvalue weighted by molar-refractivity contribution is 1.26. The molecule has 2 aliphatic rings. The van der Waals surface area contributed by atoms with Crippen LogP contribution >= 0.6 is 0 Å². The lowest BCUT2D eigenvalue weighted by Crippen LogP contribution is -2.02. The molecule has 0 amide bonds. The van der Waals surface area contributed by atoms with Crippen molar-refractivity contribution < 1.29 is 0 Å². The number of pyridine rings is 2. The molecule has 0 bridgehead atoms. The van der Waals surface area contributed by atoms with Crippen LogP contribution in [0.4, 0.5) is 11.4 Å². The van der Waals surface area contributed by atoms with Gasteiger partial charge in [-0.3, -0.25) is 20.0 Å². The minimum absolute atomic E-state index is 0.818. The van der Waals surface area contributed by atoms with Gasteiger partial charge in [-0.15, -0.1) is 0 Å². The predicted molar refractivity (Wildman–Crippen MR) is 120 cm³/mol. The molecule has 0 N–H and O–H groups in total. The summed E-state index contributed by atoms with van der Waals surface area (Å²) in [6.07, 6.45) is 5.27. The molecular formula is C26H18N4. The Balaban J connectivity index is 1.27. The molecule has 2 aromatic heterocycles. The maximum Gasteiger partial charge on any atom is 0.0848 e. The SMILES string of the molecule is c1ccc(C2=Nc3ccc(-c4ccc5c(c4)CC(c4ccccn4)=N5)cc3C2)nc1. The van der Waals surface area contributed by atoms with Crippen molar-refractivity contribution in [3.63, 3.8) is 0 Å². The molecule has 4 nitrogen and oxygen atoms in total. The number of rotatable bonds is 3. The van der Waals surface area contributed by atoms with Crippen molar-refractivity contribution in [2.24, 2.45) is 9.98 Å². The number of aromatic nitrogens is 2. The minimum atomic E-state index is 0.818. The summed E-state index contributed by atoms with van der Waals surface area (Å²) in [5.74, 6) is 0. The fraction of sp³-hybridized carbons (Fsp3) is 0.0769. The first-order chi connectivity index (χ1) is 14.8. The Morgan fingerprint density at radius 2 is 1.03 bits per heavy atom. The number of aliphatic imine (C=N–C) groups is 2. The van der Waals surface area contributed by atoms with Crippen LogP contribution in [0.1, 0.15) is 22.5 Å². The van der Waals surface area contributed by atoms with Crippen molar-refractivity contribution in [2.45, 2.75) is 12.8 Å². The van der Waals surface area contributed by atoms with Crippen molar-refractivity contribution in [1.29, 1.82) is 0 Å². The molecule has 2 aromatic carbocycles. The maximum atomic E-state index is 4.79. The molecule has 0 radical (unpaired) electrons. The van der Waals surface area contributed by atoms with Gasteiger partial charge in [-0.25, -0.2) is 0 Å². The highest BCUT2D eigenvalue weighted by Crippen LogP contribution is 2.36. The van der Waals surface area contributed by atoms with Gasteiger partial charge in [-0.05, 0) is 70.8 Å². The van der Waals surface area contributed by atoms with Crippen LogP contribution in [0.3, 0.4) is 0 Å². The molecule has 4 heterocycles. The molecule has 0 aliphatic carbocycles. The van der Waals surface area contributed by atoms with Crippen molar-refractivity contribution in [1.82, 2.24) is 9.97 Å². The molecule has 0 atom stereocenters. The van der Waals surface area contributed by atoms with Crippen molar-refractivity contribution in [3.05, 3.63) is 108 Å². The molecular weight excluding hydrogens is 368 g/mol. The molecule has 6 rings (SSSR count). The lowest BCUT2D eigenvalue weighted by Gasteiger charge is -2.07. The van der Waals surface area contributed by atoms with E-state index in [1.54, 1.807) is 0 Å². The zero-order chi connectivity index (χ0) is 19.9. The van der Waals surface area contributed by atoms with E-state index >= 15 is 0 Å².